The van der Waals surface area contributed by atoms with Gasteiger partial charge in [-0.25, -0.2) is 19.6 Å². The number of aryl methyl sites for hydroxylation is 1. The molecule has 0 atom stereocenters. The Morgan fingerprint density at radius 2 is 1.32 bits per heavy atom. The summed E-state index contributed by atoms with van der Waals surface area (Å²) in [6, 6.07) is 6.00. The number of carboxylic acids is 2. The van der Waals surface area contributed by atoms with Crippen LogP contribution in [-0.4, -0.2) is 32.1 Å². The van der Waals surface area contributed by atoms with Crippen molar-refractivity contribution < 1.29 is 19.8 Å². The van der Waals surface area contributed by atoms with Gasteiger partial charge in [-0.1, -0.05) is 34.8 Å². The van der Waals surface area contributed by atoms with Gasteiger partial charge in [0, 0.05) is 5.69 Å². The molecule has 0 radical (unpaired) electrons. The summed E-state index contributed by atoms with van der Waals surface area (Å²) in [5.74, 6) is -2.28. The van der Waals surface area contributed by atoms with Gasteiger partial charge < -0.3 is 10.2 Å². The van der Waals surface area contributed by atoms with Crippen LogP contribution in [-0.2, 0) is 0 Å². The summed E-state index contributed by atoms with van der Waals surface area (Å²) >= 11 is 16.5. The molecule has 0 saturated carbocycles. The molecule has 0 unspecified atom stereocenters. The van der Waals surface area contributed by atoms with Crippen LogP contribution in [0, 0.1) is 6.92 Å². The zero-order valence-electron chi connectivity index (χ0n) is 11.0. The summed E-state index contributed by atoms with van der Waals surface area (Å²) in [6.07, 6.45) is 0. The molecule has 0 saturated heterocycles. The molecular formula is C13H9Cl3N2O4. The maximum absolute atomic E-state index is 10.4. The number of carboxylic acid groups (broad SMARTS) is 2. The SMILES string of the molecule is Cc1ccc(Cl)c(C(=O)O)n1.O=C(O)c1nc(Cl)ccc1Cl. The highest BCUT2D eigenvalue weighted by Crippen LogP contribution is 2.16. The predicted octanol–water partition coefficient (Wildman–Crippen LogP) is 3.83. The Bertz CT molecular complexity index is 661. The van der Waals surface area contributed by atoms with E-state index in [1.54, 1.807) is 13.0 Å². The van der Waals surface area contributed by atoms with Gasteiger partial charge in [0.1, 0.15) is 5.15 Å². The second kappa shape index (κ2) is 7.93. The Kier molecular flexibility index (Phi) is 6.55. The van der Waals surface area contributed by atoms with Crippen LogP contribution in [0.4, 0.5) is 0 Å². The van der Waals surface area contributed by atoms with Crippen molar-refractivity contribution in [3.05, 3.63) is 56.5 Å². The molecule has 2 heterocycles. The molecule has 0 aliphatic carbocycles. The van der Waals surface area contributed by atoms with E-state index in [1.165, 1.54) is 18.2 Å². The average Bonchev–Trinajstić information content (AvgIpc) is 2.44. The molecule has 0 aliphatic rings. The zero-order chi connectivity index (χ0) is 16.9. The molecule has 0 amide bonds. The normalized spacial score (nSPS) is 9.64. The number of hydrogen-bond donors (Lipinski definition) is 2. The topological polar surface area (TPSA) is 100 Å². The van der Waals surface area contributed by atoms with Gasteiger partial charge in [-0.15, -0.1) is 0 Å². The van der Waals surface area contributed by atoms with Gasteiger partial charge in [-0.05, 0) is 31.2 Å². The Balaban J connectivity index is 0.000000220. The van der Waals surface area contributed by atoms with E-state index in [0.29, 0.717) is 5.69 Å². The Morgan fingerprint density at radius 1 is 0.864 bits per heavy atom. The van der Waals surface area contributed by atoms with Gasteiger partial charge in [-0.3, -0.25) is 0 Å². The molecule has 6 nitrogen and oxygen atoms in total. The van der Waals surface area contributed by atoms with E-state index in [4.69, 9.17) is 45.0 Å². The van der Waals surface area contributed by atoms with Crippen molar-refractivity contribution in [1.82, 2.24) is 9.97 Å². The molecule has 2 aromatic heterocycles. The first-order valence-corrected chi connectivity index (χ1v) is 6.77. The van der Waals surface area contributed by atoms with Crippen molar-refractivity contribution in [3.8, 4) is 0 Å². The maximum atomic E-state index is 10.4. The highest BCUT2D eigenvalue weighted by Gasteiger charge is 2.10. The highest BCUT2D eigenvalue weighted by atomic mass is 35.5. The fraction of sp³-hybridized carbons (Fsp3) is 0.0769. The van der Waals surface area contributed by atoms with Crippen molar-refractivity contribution >= 4 is 46.7 Å². The molecule has 2 N–H and O–H groups in total. The van der Waals surface area contributed by atoms with Crippen molar-refractivity contribution in [1.29, 1.82) is 0 Å². The number of halogens is 3. The summed E-state index contributed by atoms with van der Waals surface area (Å²) in [5, 5.41) is 17.4. The fourth-order valence-electron chi connectivity index (χ4n) is 1.26. The van der Waals surface area contributed by atoms with Gasteiger partial charge in [-0.2, -0.15) is 0 Å². The average molecular weight is 364 g/mol. The molecule has 9 heteroatoms. The molecule has 0 bridgehead atoms. The van der Waals surface area contributed by atoms with Gasteiger partial charge >= 0.3 is 11.9 Å². The standard InChI is InChI=1S/C7H6ClNO2.C6H3Cl2NO2/c1-4-2-3-5(8)6(9-4)7(10)11;7-3-1-2-4(8)9-5(3)6(10)11/h2-3H,1H3,(H,10,11);1-2H,(H,10,11). The number of carbonyl (C=O) groups is 2. The van der Waals surface area contributed by atoms with Crippen LogP contribution in [0.2, 0.25) is 15.2 Å². The van der Waals surface area contributed by atoms with E-state index in [0.717, 1.165) is 0 Å². The number of rotatable bonds is 2. The van der Waals surface area contributed by atoms with Crippen LogP contribution in [0.25, 0.3) is 0 Å². The minimum atomic E-state index is -1.18. The van der Waals surface area contributed by atoms with Gasteiger partial charge in [0.15, 0.2) is 11.4 Å². The number of aromatic nitrogens is 2. The highest BCUT2D eigenvalue weighted by molar-refractivity contribution is 6.34. The van der Waals surface area contributed by atoms with Gasteiger partial charge in [0.05, 0.1) is 10.0 Å². The minimum absolute atomic E-state index is 0.0851. The largest absolute Gasteiger partial charge is 0.476 e. The molecule has 0 spiro atoms. The van der Waals surface area contributed by atoms with E-state index >= 15 is 0 Å². The Labute approximate surface area is 140 Å². The van der Waals surface area contributed by atoms with E-state index in [9.17, 15) is 9.59 Å². The van der Waals surface area contributed by atoms with Crippen LogP contribution in [0.5, 0.6) is 0 Å². The molecule has 0 aromatic carbocycles. The van der Waals surface area contributed by atoms with Gasteiger partial charge in [0.2, 0.25) is 0 Å². The summed E-state index contributed by atoms with van der Waals surface area (Å²) in [6.45, 7) is 1.71. The van der Waals surface area contributed by atoms with Crippen molar-refractivity contribution in [2.45, 2.75) is 6.92 Å². The van der Waals surface area contributed by atoms with E-state index in [2.05, 4.69) is 9.97 Å². The molecule has 0 aliphatic heterocycles. The van der Waals surface area contributed by atoms with Crippen LogP contribution in [0.3, 0.4) is 0 Å². The second-order valence-electron chi connectivity index (χ2n) is 3.86. The summed E-state index contributed by atoms with van der Waals surface area (Å²) in [5.41, 5.74) is 0.331. The predicted molar refractivity (Wildman–Crippen MR) is 82.2 cm³/mol. The summed E-state index contributed by atoms with van der Waals surface area (Å²) in [7, 11) is 0. The first kappa shape index (κ1) is 18.2. The molecule has 116 valence electrons. The number of pyridine rings is 2. The molecule has 0 fully saturated rings. The molecule has 2 aromatic rings. The van der Waals surface area contributed by atoms with Crippen LogP contribution >= 0.6 is 34.8 Å². The maximum Gasteiger partial charge on any atom is 0.356 e. The molecular weight excluding hydrogens is 355 g/mol. The number of hydrogen-bond acceptors (Lipinski definition) is 4. The smallest absolute Gasteiger partial charge is 0.356 e. The lowest BCUT2D eigenvalue weighted by Crippen LogP contribution is -2.01. The van der Waals surface area contributed by atoms with Crippen molar-refractivity contribution in [2.24, 2.45) is 0 Å². The fourth-order valence-corrected chi connectivity index (χ4v) is 1.78. The Morgan fingerprint density at radius 3 is 1.73 bits per heavy atom. The zero-order valence-corrected chi connectivity index (χ0v) is 13.3. The Hall–Kier alpha value is -1.89. The van der Waals surface area contributed by atoms with Crippen LogP contribution in [0.15, 0.2) is 24.3 Å². The quantitative estimate of drug-likeness (QED) is 0.787. The van der Waals surface area contributed by atoms with Crippen molar-refractivity contribution in [3.63, 3.8) is 0 Å². The molecule has 22 heavy (non-hydrogen) atoms. The second-order valence-corrected chi connectivity index (χ2v) is 5.06. The van der Waals surface area contributed by atoms with Crippen LogP contribution < -0.4 is 0 Å². The lowest BCUT2D eigenvalue weighted by molar-refractivity contribution is 0.0680. The monoisotopic (exact) mass is 362 g/mol. The first-order valence-electron chi connectivity index (χ1n) is 5.64. The van der Waals surface area contributed by atoms with Crippen LogP contribution in [0.1, 0.15) is 26.7 Å². The lowest BCUT2D eigenvalue weighted by atomic mass is 10.3. The third-order valence-corrected chi connectivity index (χ3v) is 3.02. The third-order valence-electron chi connectivity index (χ3n) is 2.20. The third kappa shape index (κ3) is 5.14. The lowest BCUT2D eigenvalue weighted by Gasteiger charge is -1.97. The number of aromatic carboxylic acids is 2. The molecule has 2 rings (SSSR count). The van der Waals surface area contributed by atoms with Crippen molar-refractivity contribution in [2.75, 3.05) is 0 Å². The van der Waals surface area contributed by atoms with E-state index < -0.39 is 11.9 Å². The van der Waals surface area contributed by atoms with E-state index in [1.807, 2.05) is 0 Å². The minimum Gasteiger partial charge on any atom is -0.476 e. The summed E-state index contributed by atoms with van der Waals surface area (Å²) < 4.78 is 0. The van der Waals surface area contributed by atoms with E-state index in [-0.39, 0.29) is 26.6 Å². The number of nitrogens with zero attached hydrogens (tertiary/aromatic N) is 2. The summed E-state index contributed by atoms with van der Waals surface area (Å²) in [4.78, 5) is 28.0. The first-order chi connectivity index (χ1) is 10.2. The van der Waals surface area contributed by atoms with Gasteiger partial charge in [0.25, 0.3) is 0 Å².